The van der Waals surface area contributed by atoms with E-state index in [9.17, 15) is 24.0 Å². The zero-order valence-corrected chi connectivity index (χ0v) is 13.2. The van der Waals surface area contributed by atoms with Crippen LogP contribution in [0.5, 0.6) is 0 Å². The molecule has 3 fully saturated rings. The molecule has 10 heteroatoms. The molecule has 10 nitrogen and oxygen atoms in total. The Bertz CT molecular complexity index is 477. The minimum Gasteiger partial charge on any atom is -0.545 e. The lowest BCUT2D eigenvalue weighted by molar-refractivity contribution is -0.153. The number of hydrogen-bond donors (Lipinski definition) is 0. The Kier molecular flexibility index (Phi) is 12.9. The fourth-order valence-corrected chi connectivity index (χ4v) is 1.45. The van der Waals surface area contributed by atoms with Gasteiger partial charge < -0.3 is 23.8 Å². The Morgan fingerprint density at radius 2 is 1.20 bits per heavy atom. The maximum Gasteiger partial charge on any atom is 0.314 e. The van der Waals surface area contributed by atoms with Crippen LogP contribution in [0, 0.1) is 0 Å². The molecule has 0 atom stereocenters. The first-order valence-corrected chi connectivity index (χ1v) is 6.94. The van der Waals surface area contributed by atoms with Crippen LogP contribution in [0.3, 0.4) is 0 Å². The molecule has 0 bridgehead atoms. The van der Waals surface area contributed by atoms with E-state index in [2.05, 4.69) is 14.2 Å². The van der Waals surface area contributed by atoms with E-state index < -0.39 is 11.9 Å². The third kappa shape index (κ3) is 14.4. The van der Waals surface area contributed by atoms with Gasteiger partial charge in [0.2, 0.25) is 0 Å². The van der Waals surface area contributed by atoms with E-state index in [1.807, 2.05) is 0 Å². The molecule has 0 saturated carbocycles. The first kappa shape index (κ1) is 20.1. The summed E-state index contributed by atoms with van der Waals surface area (Å²) in [6.45, 7) is 2.12. The van der Waals surface area contributed by atoms with E-state index in [-0.39, 0.29) is 43.6 Å². The topological polar surface area (TPSA) is 147 Å². The van der Waals surface area contributed by atoms with Gasteiger partial charge in [0.15, 0.2) is 5.78 Å². The van der Waals surface area contributed by atoms with Crippen molar-refractivity contribution in [3.8, 4) is 0 Å². The van der Waals surface area contributed by atoms with Crippen LogP contribution in [0.4, 0.5) is 0 Å². The van der Waals surface area contributed by atoms with Crippen molar-refractivity contribution in [2.75, 3.05) is 13.2 Å². The number of ketones is 1. The fourth-order valence-electron chi connectivity index (χ4n) is 1.45. The average Bonchev–Trinajstić information content (AvgIpc) is 3.24. The highest BCUT2D eigenvalue weighted by Crippen LogP contribution is 2.04. The Morgan fingerprint density at radius 3 is 1.40 bits per heavy atom. The van der Waals surface area contributed by atoms with Crippen molar-refractivity contribution in [3.05, 3.63) is 0 Å². The predicted octanol–water partition coefficient (Wildman–Crippen LogP) is -0.482. The molecule has 0 radical (unpaired) electrons. The average molecular weight is 360 g/mol. The summed E-state index contributed by atoms with van der Waals surface area (Å²) >= 11 is 0. The highest BCUT2D eigenvalue weighted by Gasteiger charge is 2.19. The van der Waals surface area contributed by atoms with Crippen LogP contribution in [0.1, 0.15) is 41.3 Å². The van der Waals surface area contributed by atoms with Gasteiger partial charge in [-0.25, -0.2) is 0 Å². The van der Waals surface area contributed by atoms with Crippen molar-refractivity contribution in [1.82, 2.24) is 0 Å². The van der Waals surface area contributed by atoms with Crippen LogP contribution in [-0.2, 0) is 47.8 Å². The van der Waals surface area contributed by atoms with Gasteiger partial charge in [-0.05, 0) is 6.42 Å². The Balaban J connectivity index is 0. The molecular weight excluding hydrogens is 340 g/mol. The van der Waals surface area contributed by atoms with E-state index in [4.69, 9.17) is 12.3 Å². The number of cyclic esters (lactones) is 4. The maximum absolute atomic E-state index is 10.3. The number of Topliss-reactive ketones (excluding diaryl/α,β-unsaturated/α-hetero) is 1. The molecule has 0 aromatic rings. The number of esters is 4. The second kappa shape index (κ2) is 16.0. The van der Waals surface area contributed by atoms with Crippen LogP contribution < -0.4 is 0 Å². The molecule has 0 unspecified atom stereocenters. The molecule has 0 aliphatic carbocycles. The van der Waals surface area contributed by atoms with Crippen molar-refractivity contribution in [2.45, 2.75) is 38.5 Å². The van der Waals surface area contributed by atoms with Gasteiger partial charge in [-0.15, -0.1) is 0 Å². The van der Waals surface area contributed by atoms with Crippen molar-refractivity contribution in [1.29, 1.82) is 0 Å². The Labute approximate surface area is 146 Å². The molecule has 0 aromatic carbocycles. The third-order valence-corrected chi connectivity index (χ3v) is 2.55. The van der Waals surface area contributed by atoms with Gasteiger partial charge in [0.1, 0.15) is 6.61 Å². The van der Waals surface area contributed by atoms with Gasteiger partial charge in [-0.3, -0.25) is 37.5 Å². The van der Waals surface area contributed by atoms with Gasteiger partial charge in [0.25, 0.3) is 0 Å². The number of carbonyl (C=O) groups excluding carboxylic acids is 7. The summed E-state index contributed by atoms with van der Waals surface area (Å²) < 4.78 is 23.8. The van der Waals surface area contributed by atoms with Gasteiger partial charge >= 0.3 is 23.9 Å². The minimum atomic E-state index is -0.398. The lowest BCUT2D eigenvalue weighted by Gasteiger charge is -2.07. The Morgan fingerprint density at radius 1 is 0.720 bits per heavy atom. The molecule has 0 N–H and O–H groups in total. The van der Waals surface area contributed by atoms with Gasteiger partial charge in [-0.1, -0.05) is 0 Å². The van der Waals surface area contributed by atoms with Gasteiger partial charge in [0.05, 0.1) is 25.9 Å². The van der Waals surface area contributed by atoms with Crippen molar-refractivity contribution in [3.63, 3.8) is 0 Å². The van der Waals surface area contributed by atoms with Crippen molar-refractivity contribution >= 4 is 43.2 Å². The highest BCUT2D eigenvalue weighted by molar-refractivity contribution is 5.92. The zero-order valence-electron chi connectivity index (χ0n) is 15.2. The third-order valence-electron chi connectivity index (χ3n) is 2.55. The molecule has 3 rings (SSSR count). The van der Waals surface area contributed by atoms with Crippen molar-refractivity contribution in [2.24, 2.45) is 0 Å². The summed E-state index contributed by atoms with van der Waals surface area (Å²) in [5, 5.41) is 0. The number of rotatable bonds is 0. The summed E-state index contributed by atoms with van der Waals surface area (Å²) in [5.74, 6) is -1.08. The lowest BCUT2D eigenvalue weighted by atomic mass is 10.2. The largest absolute Gasteiger partial charge is 0.545 e. The number of carbonyl (C=O) groups is 5. The van der Waals surface area contributed by atoms with Crippen LogP contribution in [-0.4, -0.2) is 56.4 Å². The SMILES string of the molecule is O=C1CCC(=O)O1.O=C1CCC(=O)OC1.O=C1CCCO1.[2H][C-]=O.[2H][C-]=O. The minimum absolute atomic E-state index is 0.0150. The lowest BCUT2D eigenvalue weighted by Crippen LogP contribution is -2.20. The molecule has 0 amide bonds. The molecule has 0 aromatic heterocycles. The maximum atomic E-state index is 10.3. The first-order valence-electron chi connectivity index (χ1n) is 7.94. The van der Waals surface area contributed by atoms with Crippen LogP contribution >= 0.6 is 0 Å². The molecule has 25 heavy (non-hydrogen) atoms. The smallest absolute Gasteiger partial charge is 0.314 e. The number of hydrogen-bond acceptors (Lipinski definition) is 10. The van der Waals surface area contributed by atoms with E-state index in [0.29, 0.717) is 19.4 Å². The van der Waals surface area contributed by atoms with Gasteiger partial charge in [0, 0.05) is 12.8 Å². The van der Waals surface area contributed by atoms with E-state index in [0.717, 1.165) is 20.0 Å². The van der Waals surface area contributed by atoms with Gasteiger partial charge in [-0.2, -0.15) is 2.74 Å². The highest BCUT2D eigenvalue weighted by atomic mass is 16.6. The predicted molar refractivity (Wildman–Crippen MR) is 79.2 cm³/mol. The van der Waals surface area contributed by atoms with E-state index >= 15 is 0 Å². The standard InChI is InChI=1S/C5H6O3.C4H4O3.C4H6O2.2CHO/c6-4-1-2-5(7)8-3-4;5-3-1-2-4(6)7-3;5-4-2-1-3-6-4;2*1-2/h1-3H2;1-2H2;1-3H2;2*1H/q;;;2*-1/i;;;2*1D. The van der Waals surface area contributed by atoms with Crippen LogP contribution in [0.25, 0.3) is 0 Å². The molecule has 3 heterocycles. The summed E-state index contributed by atoms with van der Waals surface area (Å²) in [4.78, 5) is 67.3. The summed E-state index contributed by atoms with van der Waals surface area (Å²) in [7, 11) is 0. The summed E-state index contributed by atoms with van der Waals surface area (Å²) in [6.07, 6.45) is 2.69. The quantitative estimate of drug-likeness (QED) is 0.182. The molecule has 3 aliphatic heterocycles. The Hall–Kier alpha value is -2.91. The summed E-state index contributed by atoms with van der Waals surface area (Å²) in [5.41, 5.74) is 0. The first-order chi connectivity index (χ1) is 12.8. The molecule has 3 aliphatic rings. The normalized spacial score (nSPS) is 18.3. The van der Waals surface area contributed by atoms with E-state index in [1.165, 1.54) is 0 Å². The second-order valence-electron chi connectivity index (χ2n) is 4.37. The second-order valence-corrected chi connectivity index (χ2v) is 4.37. The van der Waals surface area contributed by atoms with Crippen molar-refractivity contribution < 1.29 is 50.5 Å². The van der Waals surface area contributed by atoms with Crippen LogP contribution in [0.15, 0.2) is 0 Å². The molecular formula is C15H18O10-2. The van der Waals surface area contributed by atoms with Crippen LogP contribution in [0.2, 0.25) is 0 Å². The number of ether oxygens (including phenoxy) is 3. The zero-order chi connectivity index (χ0) is 21.1. The molecule has 0 spiro atoms. The fraction of sp³-hybridized carbons (Fsp3) is 0.533. The monoisotopic (exact) mass is 360 g/mol. The molecule has 140 valence electrons. The van der Waals surface area contributed by atoms with E-state index in [1.54, 1.807) is 0 Å². The summed E-state index contributed by atoms with van der Waals surface area (Å²) in [6, 6.07) is 0. The molecule has 3 saturated heterocycles.